The van der Waals surface area contributed by atoms with Gasteiger partial charge in [-0.1, -0.05) is 30.3 Å². The van der Waals surface area contributed by atoms with Crippen LogP contribution in [-0.2, 0) is 11.3 Å². The van der Waals surface area contributed by atoms with Gasteiger partial charge in [-0.2, -0.15) is 0 Å². The van der Waals surface area contributed by atoms with E-state index in [0.717, 1.165) is 18.4 Å². The highest BCUT2D eigenvalue weighted by atomic mass is 16.5. The molecule has 2 aliphatic rings. The third-order valence-corrected chi connectivity index (χ3v) is 6.61. The molecule has 10 heteroatoms. The van der Waals surface area contributed by atoms with Crippen molar-refractivity contribution in [3.05, 3.63) is 54.0 Å². The van der Waals surface area contributed by atoms with E-state index in [2.05, 4.69) is 20.3 Å². The van der Waals surface area contributed by atoms with Gasteiger partial charge in [0.15, 0.2) is 0 Å². The first-order valence-electron chi connectivity index (χ1n) is 11.6. The van der Waals surface area contributed by atoms with Gasteiger partial charge in [0.25, 0.3) is 5.91 Å². The Morgan fingerprint density at radius 2 is 1.88 bits per heavy atom. The topological polar surface area (TPSA) is 124 Å². The van der Waals surface area contributed by atoms with E-state index in [0.29, 0.717) is 67.7 Å². The number of ether oxygens (including phenoxy) is 1. The van der Waals surface area contributed by atoms with Gasteiger partial charge >= 0.3 is 6.09 Å². The molecule has 0 bridgehead atoms. The molecule has 2 fully saturated rings. The van der Waals surface area contributed by atoms with Crippen LogP contribution in [0.2, 0.25) is 0 Å². The normalized spacial score (nSPS) is 17.1. The maximum absolute atomic E-state index is 13.2. The number of aromatic amines is 1. The van der Waals surface area contributed by atoms with E-state index in [1.54, 1.807) is 11.1 Å². The van der Waals surface area contributed by atoms with E-state index in [-0.39, 0.29) is 12.0 Å². The average molecular weight is 465 g/mol. The Morgan fingerprint density at radius 1 is 1.12 bits per heavy atom. The van der Waals surface area contributed by atoms with Crippen LogP contribution in [0.1, 0.15) is 28.8 Å². The number of carboxylic acid groups (broad SMARTS) is 1. The summed E-state index contributed by atoms with van der Waals surface area (Å²) in [6.07, 6.45) is 3.92. The highest BCUT2D eigenvalue weighted by Crippen LogP contribution is 2.27. The van der Waals surface area contributed by atoms with Gasteiger partial charge < -0.3 is 29.9 Å². The number of nitrogens with zero attached hydrogens (tertiary/aromatic N) is 4. The number of carbonyl (C=O) groups excluding carboxylic acids is 1. The van der Waals surface area contributed by atoms with Crippen molar-refractivity contribution < 1.29 is 19.4 Å². The zero-order valence-electron chi connectivity index (χ0n) is 18.8. The monoisotopic (exact) mass is 464 g/mol. The maximum atomic E-state index is 13.2. The first-order chi connectivity index (χ1) is 16.6. The smallest absolute Gasteiger partial charge is 0.407 e. The van der Waals surface area contributed by atoms with Crippen molar-refractivity contribution in [3.63, 3.8) is 0 Å². The molecule has 2 aromatic heterocycles. The third-order valence-electron chi connectivity index (χ3n) is 6.61. The summed E-state index contributed by atoms with van der Waals surface area (Å²) >= 11 is 0. The number of fused-ring (bicyclic) bond motifs is 1. The molecule has 0 radical (unpaired) electrons. The highest BCUT2D eigenvalue weighted by molar-refractivity contribution is 6.09. The molecule has 0 saturated carbocycles. The van der Waals surface area contributed by atoms with Gasteiger partial charge in [-0.15, -0.1) is 0 Å². The van der Waals surface area contributed by atoms with Gasteiger partial charge in [-0.05, 0) is 24.3 Å². The minimum absolute atomic E-state index is 0.0277. The van der Waals surface area contributed by atoms with Crippen molar-refractivity contribution in [3.8, 4) is 0 Å². The van der Waals surface area contributed by atoms with Crippen LogP contribution in [0.4, 0.5) is 10.6 Å². The predicted octanol–water partition coefficient (Wildman–Crippen LogP) is 2.80. The SMILES string of the molecule is O=C(O)N1CCC(CNc2ncnc3[nH]cc(C(=O)N4CC(OCc5ccccc5)C4)c23)CC1. The third kappa shape index (κ3) is 4.67. The van der Waals surface area contributed by atoms with Crippen molar-refractivity contribution in [2.24, 2.45) is 5.92 Å². The Balaban J connectivity index is 1.19. The summed E-state index contributed by atoms with van der Waals surface area (Å²) in [7, 11) is 0. The minimum atomic E-state index is -0.863. The summed E-state index contributed by atoms with van der Waals surface area (Å²) in [5.41, 5.74) is 2.27. The number of H-pyrrole nitrogens is 1. The van der Waals surface area contributed by atoms with Crippen molar-refractivity contribution in [1.29, 1.82) is 0 Å². The Bertz CT molecular complexity index is 1150. The first kappa shape index (κ1) is 22.1. The van der Waals surface area contributed by atoms with Crippen molar-refractivity contribution in [2.45, 2.75) is 25.6 Å². The lowest BCUT2D eigenvalue weighted by atomic mass is 9.97. The fraction of sp³-hybridized carbons (Fsp3) is 0.417. The molecule has 0 unspecified atom stereocenters. The second-order valence-electron chi connectivity index (χ2n) is 8.87. The maximum Gasteiger partial charge on any atom is 0.407 e. The van der Waals surface area contributed by atoms with Gasteiger partial charge in [0.2, 0.25) is 0 Å². The Morgan fingerprint density at radius 3 is 2.62 bits per heavy atom. The van der Waals surface area contributed by atoms with E-state index >= 15 is 0 Å². The van der Waals surface area contributed by atoms with E-state index in [4.69, 9.17) is 9.84 Å². The largest absolute Gasteiger partial charge is 0.465 e. The molecule has 1 aromatic carbocycles. The average Bonchev–Trinajstić information content (AvgIpc) is 3.27. The number of amides is 2. The molecule has 2 saturated heterocycles. The molecule has 0 aliphatic carbocycles. The molecule has 3 aromatic rings. The molecule has 2 amide bonds. The summed E-state index contributed by atoms with van der Waals surface area (Å²) in [5.74, 6) is 0.891. The Labute approximate surface area is 196 Å². The molecule has 178 valence electrons. The van der Waals surface area contributed by atoms with E-state index in [1.165, 1.54) is 11.2 Å². The number of hydrogen-bond acceptors (Lipinski definition) is 6. The lowest BCUT2D eigenvalue weighted by molar-refractivity contribution is -0.0502. The summed E-state index contributed by atoms with van der Waals surface area (Å²) in [6.45, 7) is 3.38. The van der Waals surface area contributed by atoms with Crippen LogP contribution < -0.4 is 5.32 Å². The molecule has 34 heavy (non-hydrogen) atoms. The molecule has 2 aliphatic heterocycles. The van der Waals surface area contributed by atoms with E-state index in [9.17, 15) is 9.59 Å². The number of benzene rings is 1. The number of hydrogen-bond donors (Lipinski definition) is 3. The second-order valence-corrected chi connectivity index (χ2v) is 8.87. The number of aromatic nitrogens is 3. The van der Waals surface area contributed by atoms with Crippen LogP contribution in [0, 0.1) is 5.92 Å². The number of anilines is 1. The van der Waals surface area contributed by atoms with Crippen LogP contribution in [0.3, 0.4) is 0 Å². The van der Waals surface area contributed by atoms with Gasteiger partial charge in [-0.25, -0.2) is 14.8 Å². The molecular formula is C24H28N6O4. The van der Waals surface area contributed by atoms with Crippen LogP contribution in [0.25, 0.3) is 11.0 Å². The van der Waals surface area contributed by atoms with Crippen molar-refractivity contribution in [2.75, 3.05) is 38.0 Å². The lowest BCUT2D eigenvalue weighted by Gasteiger charge is -2.38. The fourth-order valence-corrected chi connectivity index (χ4v) is 4.50. The van der Waals surface area contributed by atoms with Crippen LogP contribution in [0.15, 0.2) is 42.9 Å². The number of piperidine rings is 1. The van der Waals surface area contributed by atoms with Gasteiger partial charge in [0.05, 0.1) is 23.7 Å². The summed E-state index contributed by atoms with van der Waals surface area (Å²) in [6, 6.07) is 10.00. The predicted molar refractivity (Wildman–Crippen MR) is 126 cm³/mol. The minimum Gasteiger partial charge on any atom is -0.465 e. The molecular weight excluding hydrogens is 436 g/mol. The Hall–Kier alpha value is -3.66. The zero-order chi connectivity index (χ0) is 23.5. The highest BCUT2D eigenvalue weighted by Gasteiger charge is 2.33. The molecule has 5 rings (SSSR count). The summed E-state index contributed by atoms with van der Waals surface area (Å²) < 4.78 is 5.92. The molecule has 0 atom stereocenters. The number of carbonyl (C=O) groups is 2. The number of rotatable bonds is 7. The lowest BCUT2D eigenvalue weighted by Crippen LogP contribution is -2.54. The molecule has 0 spiro atoms. The van der Waals surface area contributed by atoms with Crippen LogP contribution in [-0.4, -0.2) is 80.7 Å². The number of nitrogens with one attached hydrogen (secondary N) is 2. The molecule has 10 nitrogen and oxygen atoms in total. The summed E-state index contributed by atoms with van der Waals surface area (Å²) in [4.78, 5) is 39.3. The molecule has 3 N–H and O–H groups in total. The zero-order valence-corrected chi connectivity index (χ0v) is 18.8. The number of likely N-dealkylation sites (tertiary alicyclic amines) is 2. The molecule has 4 heterocycles. The van der Waals surface area contributed by atoms with Gasteiger partial charge in [0, 0.05) is 38.9 Å². The van der Waals surface area contributed by atoms with Crippen LogP contribution >= 0.6 is 0 Å². The van der Waals surface area contributed by atoms with Crippen molar-refractivity contribution >= 4 is 28.9 Å². The summed E-state index contributed by atoms with van der Waals surface area (Å²) in [5, 5.41) is 13.2. The Kier molecular flexibility index (Phi) is 6.31. The quantitative estimate of drug-likeness (QED) is 0.491. The first-order valence-corrected chi connectivity index (χ1v) is 11.6. The van der Waals surface area contributed by atoms with Gasteiger partial charge in [-0.3, -0.25) is 4.79 Å². The van der Waals surface area contributed by atoms with Gasteiger partial charge in [0.1, 0.15) is 17.8 Å². The van der Waals surface area contributed by atoms with Crippen LogP contribution in [0.5, 0.6) is 0 Å². The van der Waals surface area contributed by atoms with E-state index in [1.807, 2.05) is 30.3 Å². The second kappa shape index (κ2) is 9.68. The van der Waals surface area contributed by atoms with E-state index < -0.39 is 6.09 Å². The fourth-order valence-electron chi connectivity index (χ4n) is 4.50. The van der Waals surface area contributed by atoms with Crippen molar-refractivity contribution in [1.82, 2.24) is 24.8 Å². The standard InChI is InChI=1S/C24H28N6O4/c31-23(30-12-18(13-30)34-14-17-4-2-1-3-5-17)19-11-26-22-20(19)21(27-15-28-22)25-10-16-6-8-29(9-7-16)24(32)33/h1-5,11,15-16,18H,6-10,12-14H2,(H,32,33)(H2,25,26,27,28).